The van der Waals surface area contributed by atoms with E-state index in [9.17, 15) is 10.2 Å². The zero-order chi connectivity index (χ0) is 11.7. The van der Waals surface area contributed by atoms with Gasteiger partial charge in [0.25, 0.3) is 0 Å². The number of aliphatic hydroxyl groups excluding tert-OH is 1. The predicted octanol–water partition coefficient (Wildman–Crippen LogP) is 2.43. The van der Waals surface area contributed by atoms with Crippen LogP contribution in [-0.2, 0) is 0 Å². The van der Waals surface area contributed by atoms with E-state index in [0.717, 1.165) is 12.2 Å². The van der Waals surface area contributed by atoms with E-state index in [2.05, 4.69) is 11.8 Å². The Labute approximate surface area is 96.3 Å². The third-order valence-corrected chi connectivity index (χ3v) is 3.35. The number of hydrogen-bond donors (Lipinski definition) is 2. The van der Waals surface area contributed by atoms with Gasteiger partial charge in [0.1, 0.15) is 5.75 Å². The zero-order valence-corrected chi connectivity index (χ0v) is 9.85. The number of rotatable bonds is 2. The Morgan fingerprint density at radius 1 is 1.44 bits per heavy atom. The van der Waals surface area contributed by atoms with E-state index in [4.69, 9.17) is 0 Å². The molecule has 1 aromatic carbocycles. The lowest BCUT2D eigenvalue weighted by Gasteiger charge is -2.24. The molecule has 1 saturated heterocycles. The Hall–Kier alpha value is -1.22. The molecule has 0 spiro atoms. The molecule has 16 heavy (non-hydrogen) atoms. The van der Waals surface area contributed by atoms with Crippen LogP contribution in [0.1, 0.15) is 38.4 Å². The van der Waals surface area contributed by atoms with E-state index < -0.39 is 6.10 Å². The highest BCUT2D eigenvalue weighted by atomic mass is 16.3. The molecular formula is C13H19NO2. The van der Waals surface area contributed by atoms with E-state index >= 15 is 0 Å². The summed E-state index contributed by atoms with van der Waals surface area (Å²) in [7, 11) is 0. The first-order valence-electron chi connectivity index (χ1n) is 5.87. The molecule has 1 aliphatic heterocycles. The van der Waals surface area contributed by atoms with Crippen molar-refractivity contribution in [3.05, 3.63) is 23.8 Å². The van der Waals surface area contributed by atoms with Gasteiger partial charge in [-0.1, -0.05) is 6.07 Å². The van der Waals surface area contributed by atoms with E-state index in [1.807, 2.05) is 6.07 Å². The molecule has 0 aromatic heterocycles. The maximum Gasteiger partial charge on any atom is 0.123 e. The van der Waals surface area contributed by atoms with E-state index in [1.165, 1.54) is 12.8 Å². The minimum atomic E-state index is -0.620. The smallest absolute Gasteiger partial charge is 0.123 e. The third-order valence-electron chi connectivity index (χ3n) is 3.35. The molecule has 2 rings (SSSR count). The molecular weight excluding hydrogens is 202 g/mol. The topological polar surface area (TPSA) is 43.7 Å². The van der Waals surface area contributed by atoms with Crippen LogP contribution in [0.4, 0.5) is 5.69 Å². The van der Waals surface area contributed by atoms with E-state index in [-0.39, 0.29) is 5.75 Å². The summed E-state index contributed by atoms with van der Waals surface area (Å²) < 4.78 is 0. The first kappa shape index (κ1) is 11.3. The van der Waals surface area contributed by atoms with Gasteiger partial charge in [0.15, 0.2) is 0 Å². The SMILES string of the molecule is CC(O)c1ccc(N2CCCC2C)cc1O. The molecule has 0 bridgehead atoms. The lowest BCUT2D eigenvalue weighted by molar-refractivity contribution is 0.195. The molecule has 1 heterocycles. The van der Waals surface area contributed by atoms with Crippen LogP contribution in [0.2, 0.25) is 0 Å². The van der Waals surface area contributed by atoms with Gasteiger partial charge in [0.05, 0.1) is 6.10 Å². The molecule has 1 aromatic rings. The molecule has 88 valence electrons. The summed E-state index contributed by atoms with van der Waals surface area (Å²) in [6.45, 7) is 4.91. The van der Waals surface area contributed by atoms with Crippen molar-refractivity contribution in [1.82, 2.24) is 0 Å². The van der Waals surface area contributed by atoms with Gasteiger partial charge < -0.3 is 15.1 Å². The largest absolute Gasteiger partial charge is 0.507 e. The van der Waals surface area contributed by atoms with Crippen molar-refractivity contribution in [1.29, 1.82) is 0 Å². The Morgan fingerprint density at radius 2 is 2.19 bits per heavy atom. The van der Waals surface area contributed by atoms with Crippen LogP contribution in [-0.4, -0.2) is 22.8 Å². The van der Waals surface area contributed by atoms with Crippen LogP contribution in [0.3, 0.4) is 0 Å². The van der Waals surface area contributed by atoms with Gasteiger partial charge in [0.2, 0.25) is 0 Å². The highest BCUT2D eigenvalue weighted by Crippen LogP contribution is 2.32. The number of hydrogen-bond acceptors (Lipinski definition) is 3. The summed E-state index contributed by atoms with van der Waals surface area (Å²) in [5.41, 5.74) is 1.64. The molecule has 2 atom stereocenters. The van der Waals surface area contributed by atoms with Gasteiger partial charge in [-0.05, 0) is 32.8 Å². The van der Waals surface area contributed by atoms with Crippen LogP contribution in [0.25, 0.3) is 0 Å². The van der Waals surface area contributed by atoms with Crippen LogP contribution in [0.15, 0.2) is 18.2 Å². The summed E-state index contributed by atoms with van der Waals surface area (Å²) in [5, 5.41) is 19.3. The highest BCUT2D eigenvalue weighted by Gasteiger charge is 2.21. The van der Waals surface area contributed by atoms with Crippen molar-refractivity contribution < 1.29 is 10.2 Å². The van der Waals surface area contributed by atoms with Crippen molar-refractivity contribution in [2.75, 3.05) is 11.4 Å². The van der Waals surface area contributed by atoms with E-state index in [0.29, 0.717) is 11.6 Å². The van der Waals surface area contributed by atoms with Crippen molar-refractivity contribution in [3.8, 4) is 5.75 Å². The molecule has 3 heteroatoms. The quantitative estimate of drug-likeness (QED) is 0.806. The van der Waals surface area contributed by atoms with Gasteiger partial charge in [-0.2, -0.15) is 0 Å². The summed E-state index contributed by atoms with van der Waals surface area (Å²) >= 11 is 0. The first-order chi connectivity index (χ1) is 7.59. The number of aromatic hydroxyl groups is 1. The summed E-state index contributed by atoms with van der Waals surface area (Å²) in [6.07, 6.45) is 1.80. The molecule has 2 unspecified atom stereocenters. The second kappa shape index (κ2) is 4.34. The van der Waals surface area contributed by atoms with Gasteiger partial charge in [-0.15, -0.1) is 0 Å². The number of benzene rings is 1. The normalized spacial score (nSPS) is 22.4. The Bertz CT molecular complexity index is 376. The predicted molar refractivity (Wildman–Crippen MR) is 64.8 cm³/mol. The van der Waals surface area contributed by atoms with Gasteiger partial charge >= 0.3 is 0 Å². The zero-order valence-electron chi connectivity index (χ0n) is 9.85. The van der Waals surface area contributed by atoms with Crippen molar-refractivity contribution >= 4 is 5.69 Å². The summed E-state index contributed by atoms with van der Waals surface area (Å²) in [5.74, 6) is 0.187. The fraction of sp³-hybridized carbons (Fsp3) is 0.538. The molecule has 0 radical (unpaired) electrons. The fourth-order valence-corrected chi connectivity index (χ4v) is 2.38. The first-order valence-corrected chi connectivity index (χ1v) is 5.87. The second-order valence-electron chi connectivity index (χ2n) is 4.60. The Kier molecular flexibility index (Phi) is 3.06. The van der Waals surface area contributed by atoms with Crippen LogP contribution >= 0.6 is 0 Å². The van der Waals surface area contributed by atoms with Crippen LogP contribution in [0.5, 0.6) is 5.75 Å². The highest BCUT2D eigenvalue weighted by molar-refractivity contribution is 5.55. The van der Waals surface area contributed by atoms with Gasteiger partial charge in [-0.25, -0.2) is 0 Å². The lowest BCUT2D eigenvalue weighted by Crippen LogP contribution is -2.26. The van der Waals surface area contributed by atoms with Gasteiger partial charge in [0, 0.05) is 29.9 Å². The number of phenols is 1. The van der Waals surface area contributed by atoms with Crippen molar-refractivity contribution in [2.24, 2.45) is 0 Å². The minimum absolute atomic E-state index is 0.187. The standard InChI is InChI=1S/C13H19NO2/c1-9-4-3-7-14(9)11-5-6-12(10(2)15)13(16)8-11/h5-6,8-10,15-16H,3-4,7H2,1-2H3. The monoisotopic (exact) mass is 221 g/mol. The molecule has 2 N–H and O–H groups in total. The second-order valence-corrected chi connectivity index (χ2v) is 4.60. The van der Waals surface area contributed by atoms with Gasteiger partial charge in [-0.3, -0.25) is 0 Å². The number of phenolic OH excluding ortho intramolecular Hbond substituents is 1. The molecule has 0 amide bonds. The maximum absolute atomic E-state index is 9.82. The van der Waals surface area contributed by atoms with Crippen molar-refractivity contribution in [3.63, 3.8) is 0 Å². The molecule has 1 fully saturated rings. The van der Waals surface area contributed by atoms with Crippen LogP contribution < -0.4 is 4.90 Å². The minimum Gasteiger partial charge on any atom is -0.507 e. The number of anilines is 1. The average molecular weight is 221 g/mol. The Balaban J connectivity index is 2.27. The number of aliphatic hydroxyl groups is 1. The summed E-state index contributed by atoms with van der Waals surface area (Å²) in [4.78, 5) is 2.30. The average Bonchev–Trinajstić information content (AvgIpc) is 2.63. The molecule has 0 saturated carbocycles. The molecule has 3 nitrogen and oxygen atoms in total. The van der Waals surface area contributed by atoms with Crippen LogP contribution in [0, 0.1) is 0 Å². The number of nitrogens with zero attached hydrogens (tertiary/aromatic N) is 1. The maximum atomic E-state index is 9.82. The van der Waals surface area contributed by atoms with Crippen molar-refractivity contribution in [2.45, 2.75) is 38.8 Å². The lowest BCUT2D eigenvalue weighted by atomic mass is 10.1. The third kappa shape index (κ3) is 2.00. The Morgan fingerprint density at radius 3 is 2.69 bits per heavy atom. The van der Waals surface area contributed by atoms with E-state index in [1.54, 1.807) is 19.1 Å². The fourth-order valence-electron chi connectivity index (χ4n) is 2.38. The summed E-state index contributed by atoms with van der Waals surface area (Å²) in [6, 6.07) is 6.07. The molecule has 1 aliphatic rings. The molecule has 0 aliphatic carbocycles.